The highest BCUT2D eigenvalue weighted by Crippen LogP contribution is 2.33. The van der Waals surface area contributed by atoms with Crippen LogP contribution in [0.4, 0.5) is 0 Å². The summed E-state index contributed by atoms with van der Waals surface area (Å²) in [6, 6.07) is 2.66. The molecule has 1 rings (SSSR count). The zero-order valence-corrected chi connectivity index (χ0v) is 13.9. The summed E-state index contributed by atoms with van der Waals surface area (Å²) in [6.45, 7) is 4.75. The van der Waals surface area contributed by atoms with Gasteiger partial charge in [-0.3, -0.25) is 0 Å². The first kappa shape index (κ1) is 17.1. The summed E-state index contributed by atoms with van der Waals surface area (Å²) in [6.07, 6.45) is 1.47. The van der Waals surface area contributed by atoms with Crippen molar-refractivity contribution in [2.45, 2.75) is 31.6 Å². The molecule has 0 saturated heterocycles. The number of halogens is 3. The Kier molecular flexibility index (Phi) is 6.40. The van der Waals surface area contributed by atoms with Crippen LogP contribution in [0.25, 0.3) is 0 Å². The number of sulfonamides is 1. The fraction of sp³-hybridized carbons (Fsp3) is 0.500. The van der Waals surface area contributed by atoms with Crippen molar-refractivity contribution in [3.8, 4) is 0 Å². The van der Waals surface area contributed by atoms with Crippen LogP contribution in [0.3, 0.4) is 0 Å². The van der Waals surface area contributed by atoms with Crippen molar-refractivity contribution < 1.29 is 8.42 Å². The molecule has 0 unspecified atom stereocenters. The number of rotatable bonds is 6. The lowest BCUT2D eigenvalue weighted by molar-refractivity contribution is 0.410. The maximum absolute atomic E-state index is 12.5. The molecule has 0 saturated carbocycles. The number of nitrogens with zero attached hydrogens (tertiary/aromatic N) is 1. The van der Waals surface area contributed by atoms with E-state index in [9.17, 15) is 8.42 Å². The van der Waals surface area contributed by atoms with Crippen LogP contribution in [0.2, 0.25) is 15.1 Å². The Morgan fingerprint density at radius 1 is 0.947 bits per heavy atom. The fourth-order valence-electron chi connectivity index (χ4n) is 1.69. The summed E-state index contributed by atoms with van der Waals surface area (Å²) in [5.74, 6) is 0. The van der Waals surface area contributed by atoms with Gasteiger partial charge in [-0.15, -0.1) is 0 Å². The maximum atomic E-state index is 12.5. The lowest BCUT2D eigenvalue weighted by Gasteiger charge is -2.21. The quantitative estimate of drug-likeness (QED) is 0.715. The summed E-state index contributed by atoms with van der Waals surface area (Å²) in [4.78, 5) is 0.00506. The fourth-order valence-corrected chi connectivity index (χ4v) is 4.29. The van der Waals surface area contributed by atoms with Crippen LogP contribution >= 0.6 is 34.8 Å². The van der Waals surface area contributed by atoms with Crippen molar-refractivity contribution >= 4 is 44.8 Å². The van der Waals surface area contributed by atoms with E-state index in [1.807, 2.05) is 13.8 Å². The predicted octanol–water partition coefficient (Wildman–Crippen LogP) is 4.46. The normalized spacial score (nSPS) is 12.1. The first-order chi connectivity index (χ1) is 8.84. The molecule has 7 heteroatoms. The van der Waals surface area contributed by atoms with Gasteiger partial charge in [0.2, 0.25) is 10.0 Å². The maximum Gasteiger partial charge on any atom is 0.244 e. The Morgan fingerprint density at radius 2 is 1.42 bits per heavy atom. The standard InChI is InChI=1S/C12H16Cl3NO2S/c1-3-5-16(6-4-2)19(17,18)12-8-10(14)9(13)7-11(12)15/h7-8H,3-6H2,1-2H3. The smallest absolute Gasteiger partial charge is 0.207 e. The van der Waals surface area contributed by atoms with Gasteiger partial charge in [0.25, 0.3) is 0 Å². The van der Waals surface area contributed by atoms with Crippen LogP contribution in [0.5, 0.6) is 0 Å². The van der Waals surface area contributed by atoms with E-state index in [2.05, 4.69) is 0 Å². The average Bonchev–Trinajstić information content (AvgIpc) is 2.33. The average molecular weight is 345 g/mol. The number of hydrogen-bond donors (Lipinski definition) is 0. The Hall–Kier alpha value is -0.000000000000000111. The predicted molar refractivity (Wildman–Crippen MR) is 80.8 cm³/mol. The van der Waals surface area contributed by atoms with E-state index in [-0.39, 0.29) is 20.0 Å². The molecule has 0 fully saturated rings. The topological polar surface area (TPSA) is 37.4 Å². The van der Waals surface area contributed by atoms with E-state index in [0.717, 1.165) is 12.8 Å². The van der Waals surface area contributed by atoms with Crippen molar-refractivity contribution in [1.82, 2.24) is 4.31 Å². The molecule has 0 aliphatic carbocycles. The third kappa shape index (κ3) is 3.99. The van der Waals surface area contributed by atoms with Crippen molar-refractivity contribution in [2.24, 2.45) is 0 Å². The van der Waals surface area contributed by atoms with Gasteiger partial charge in [-0.1, -0.05) is 48.7 Å². The molecule has 108 valence electrons. The first-order valence-corrected chi connectivity index (χ1v) is 8.56. The molecule has 3 nitrogen and oxygen atoms in total. The van der Waals surface area contributed by atoms with Gasteiger partial charge < -0.3 is 0 Å². The Bertz CT molecular complexity index is 540. The van der Waals surface area contributed by atoms with E-state index in [1.165, 1.54) is 16.4 Å². The molecular formula is C12H16Cl3NO2S. The van der Waals surface area contributed by atoms with Crippen molar-refractivity contribution in [2.75, 3.05) is 13.1 Å². The molecular weight excluding hydrogens is 329 g/mol. The van der Waals surface area contributed by atoms with Crippen LogP contribution in [-0.4, -0.2) is 25.8 Å². The molecule has 0 radical (unpaired) electrons. The lowest BCUT2D eigenvalue weighted by atomic mass is 10.4. The minimum atomic E-state index is -3.64. The van der Waals surface area contributed by atoms with E-state index in [0.29, 0.717) is 13.1 Å². The summed E-state index contributed by atoms with van der Waals surface area (Å²) in [5, 5.41) is 0.507. The Morgan fingerprint density at radius 3 is 1.89 bits per heavy atom. The first-order valence-electron chi connectivity index (χ1n) is 5.99. The zero-order valence-electron chi connectivity index (χ0n) is 10.8. The molecule has 0 amide bonds. The molecule has 0 spiro atoms. The van der Waals surface area contributed by atoms with Crippen molar-refractivity contribution in [1.29, 1.82) is 0 Å². The zero-order chi connectivity index (χ0) is 14.6. The third-order valence-corrected chi connectivity index (χ3v) is 5.62. The minimum absolute atomic E-state index is 0.00506. The summed E-state index contributed by atoms with van der Waals surface area (Å²) >= 11 is 17.7. The highest BCUT2D eigenvalue weighted by Gasteiger charge is 2.26. The van der Waals surface area contributed by atoms with E-state index < -0.39 is 10.0 Å². The van der Waals surface area contributed by atoms with Crippen LogP contribution in [0, 0.1) is 0 Å². The van der Waals surface area contributed by atoms with Gasteiger partial charge in [0, 0.05) is 13.1 Å². The SMILES string of the molecule is CCCN(CCC)S(=O)(=O)c1cc(Cl)c(Cl)cc1Cl. The van der Waals surface area contributed by atoms with Gasteiger partial charge in [0.15, 0.2) is 0 Å². The molecule has 0 heterocycles. The summed E-state index contributed by atoms with van der Waals surface area (Å²) in [7, 11) is -3.64. The molecule has 1 aromatic carbocycles. The van der Waals surface area contributed by atoms with E-state index in [1.54, 1.807) is 0 Å². The number of hydrogen-bond acceptors (Lipinski definition) is 2. The van der Waals surface area contributed by atoms with E-state index in [4.69, 9.17) is 34.8 Å². The van der Waals surface area contributed by atoms with Crippen LogP contribution in [0.15, 0.2) is 17.0 Å². The Balaban J connectivity index is 3.28. The minimum Gasteiger partial charge on any atom is -0.207 e. The lowest BCUT2D eigenvalue weighted by Crippen LogP contribution is -2.32. The second-order valence-electron chi connectivity index (χ2n) is 4.10. The molecule has 19 heavy (non-hydrogen) atoms. The molecule has 0 aliphatic heterocycles. The van der Waals surface area contributed by atoms with Crippen LogP contribution < -0.4 is 0 Å². The highest BCUT2D eigenvalue weighted by molar-refractivity contribution is 7.89. The van der Waals surface area contributed by atoms with Crippen molar-refractivity contribution in [3.63, 3.8) is 0 Å². The summed E-state index contributed by atoms with van der Waals surface area (Å²) in [5.41, 5.74) is 0. The van der Waals surface area contributed by atoms with Gasteiger partial charge in [0.05, 0.1) is 15.1 Å². The van der Waals surface area contributed by atoms with Crippen molar-refractivity contribution in [3.05, 3.63) is 27.2 Å². The highest BCUT2D eigenvalue weighted by atomic mass is 35.5. The molecule has 1 aromatic rings. The molecule has 0 aliphatic rings. The second-order valence-corrected chi connectivity index (χ2v) is 7.23. The Labute approximate surface area is 129 Å². The molecule has 0 aromatic heterocycles. The van der Waals surface area contributed by atoms with E-state index >= 15 is 0 Å². The summed E-state index contributed by atoms with van der Waals surface area (Å²) < 4.78 is 26.5. The third-order valence-electron chi connectivity index (χ3n) is 2.54. The van der Waals surface area contributed by atoms with Gasteiger partial charge in [-0.2, -0.15) is 4.31 Å². The monoisotopic (exact) mass is 343 g/mol. The van der Waals surface area contributed by atoms with Gasteiger partial charge in [-0.25, -0.2) is 8.42 Å². The van der Waals surface area contributed by atoms with Crippen LogP contribution in [-0.2, 0) is 10.0 Å². The molecule has 0 N–H and O–H groups in total. The van der Waals surface area contributed by atoms with Crippen LogP contribution in [0.1, 0.15) is 26.7 Å². The largest absolute Gasteiger partial charge is 0.244 e. The molecule has 0 bridgehead atoms. The van der Waals surface area contributed by atoms with Gasteiger partial charge in [0.1, 0.15) is 4.90 Å². The molecule has 0 atom stereocenters. The van der Waals surface area contributed by atoms with Gasteiger partial charge in [-0.05, 0) is 25.0 Å². The van der Waals surface area contributed by atoms with Gasteiger partial charge >= 0.3 is 0 Å². The number of benzene rings is 1. The second kappa shape index (κ2) is 7.14.